The molecule has 0 radical (unpaired) electrons. The maximum absolute atomic E-state index is 6.46. The minimum absolute atomic E-state index is 0.773. The quantitative estimate of drug-likeness (QED) is 0.776. The number of hydrogen-bond acceptors (Lipinski definition) is 3. The van der Waals surface area contributed by atoms with Crippen LogP contribution in [-0.2, 0) is 0 Å². The van der Waals surface area contributed by atoms with Gasteiger partial charge in [0.15, 0.2) is 0 Å². The van der Waals surface area contributed by atoms with Crippen molar-refractivity contribution in [2.24, 2.45) is 0 Å². The van der Waals surface area contributed by atoms with Crippen molar-refractivity contribution in [1.82, 2.24) is 15.8 Å². The van der Waals surface area contributed by atoms with Crippen LogP contribution in [0.25, 0.3) is 0 Å². The lowest BCUT2D eigenvalue weighted by Gasteiger charge is -2.26. The number of hydrazine groups is 1. The second-order valence-electron chi connectivity index (χ2n) is 5.29. The van der Waals surface area contributed by atoms with E-state index in [2.05, 4.69) is 44.3 Å². The van der Waals surface area contributed by atoms with Crippen molar-refractivity contribution in [3.05, 3.63) is 58.6 Å². The Labute approximate surface area is 126 Å². The van der Waals surface area contributed by atoms with Crippen molar-refractivity contribution in [3.63, 3.8) is 0 Å². The lowest BCUT2D eigenvalue weighted by molar-refractivity contribution is 0.322. The SMILES string of the molecule is C=C(NN1CCNC1=C)C(=C)C1=C(Cl)C(C)=C(C)CC1. The predicted octanol–water partition coefficient (Wildman–Crippen LogP) is 3.56. The molecule has 0 saturated carbocycles. The van der Waals surface area contributed by atoms with Crippen LogP contribution in [0.2, 0.25) is 0 Å². The summed E-state index contributed by atoms with van der Waals surface area (Å²) < 4.78 is 0. The van der Waals surface area contributed by atoms with E-state index in [1.807, 2.05) is 5.01 Å². The number of hydrogen-bond donors (Lipinski definition) is 2. The fourth-order valence-electron chi connectivity index (χ4n) is 2.39. The summed E-state index contributed by atoms with van der Waals surface area (Å²) in [7, 11) is 0. The Morgan fingerprint density at radius 3 is 2.60 bits per heavy atom. The number of halogens is 1. The summed E-state index contributed by atoms with van der Waals surface area (Å²) in [6.45, 7) is 18.1. The molecule has 20 heavy (non-hydrogen) atoms. The highest BCUT2D eigenvalue weighted by atomic mass is 35.5. The van der Waals surface area contributed by atoms with Crippen LogP contribution in [0.3, 0.4) is 0 Å². The Kier molecular flexibility index (Phi) is 4.29. The second kappa shape index (κ2) is 5.80. The number of nitrogens with one attached hydrogen (secondary N) is 2. The first-order valence-corrected chi connectivity index (χ1v) is 7.20. The van der Waals surface area contributed by atoms with Gasteiger partial charge in [-0.3, -0.25) is 10.4 Å². The highest BCUT2D eigenvalue weighted by Gasteiger charge is 2.20. The molecule has 2 aliphatic rings. The molecule has 4 heteroatoms. The number of allylic oxidation sites excluding steroid dienone is 4. The molecular weight excluding hydrogens is 270 g/mol. The van der Waals surface area contributed by atoms with Gasteiger partial charge in [0.25, 0.3) is 0 Å². The molecule has 0 spiro atoms. The van der Waals surface area contributed by atoms with E-state index in [1.54, 1.807) is 0 Å². The molecule has 1 aliphatic carbocycles. The highest BCUT2D eigenvalue weighted by molar-refractivity contribution is 6.32. The molecule has 0 atom stereocenters. The van der Waals surface area contributed by atoms with Crippen molar-refractivity contribution in [2.75, 3.05) is 13.1 Å². The zero-order chi connectivity index (χ0) is 14.9. The van der Waals surface area contributed by atoms with Gasteiger partial charge in [-0.25, -0.2) is 0 Å². The number of rotatable bonds is 4. The molecule has 0 aromatic rings. The molecule has 0 amide bonds. The Morgan fingerprint density at radius 2 is 2.00 bits per heavy atom. The van der Waals surface area contributed by atoms with Gasteiger partial charge in [0.1, 0.15) is 5.82 Å². The summed E-state index contributed by atoms with van der Waals surface area (Å²) in [5.41, 5.74) is 8.49. The summed E-state index contributed by atoms with van der Waals surface area (Å²) in [5, 5.41) is 5.93. The summed E-state index contributed by atoms with van der Waals surface area (Å²) in [6.07, 6.45) is 1.95. The van der Waals surface area contributed by atoms with Crippen molar-refractivity contribution in [2.45, 2.75) is 26.7 Å². The first-order valence-electron chi connectivity index (χ1n) is 6.82. The largest absolute Gasteiger partial charge is 0.369 e. The van der Waals surface area contributed by atoms with Crippen LogP contribution < -0.4 is 10.7 Å². The average Bonchev–Trinajstić information content (AvgIpc) is 2.81. The maximum Gasteiger partial charge on any atom is 0.113 e. The summed E-state index contributed by atoms with van der Waals surface area (Å²) >= 11 is 6.46. The third kappa shape index (κ3) is 2.78. The van der Waals surface area contributed by atoms with Gasteiger partial charge < -0.3 is 5.32 Å². The summed E-state index contributed by atoms with van der Waals surface area (Å²) in [6, 6.07) is 0. The minimum Gasteiger partial charge on any atom is -0.369 e. The van der Waals surface area contributed by atoms with E-state index in [0.29, 0.717) is 0 Å². The molecular formula is C16H22ClN3. The fourth-order valence-corrected chi connectivity index (χ4v) is 2.75. The predicted molar refractivity (Wildman–Crippen MR) is 85.8 cm³/mol. The minimum atomic E-state index is 0.773. The van der Waals surface area contributed by atoms with E-state index >= 15 is 0 Å². The van der Waals surface area contributed by atoms with E-state index in [-0.39, 0.29) is 0 Å². The van der Waals surface area contributed by atoms with Gasteiger partial charge in [-0.2, -0.15) is 0 Å². The van der Waals surface area contributed by atoms with Crippen molar-refractivity contribution >= 4 is 11.6 Å². The van der Waals surface area contributed by atoms with Gasteiger partial charge in [-0.1, -0.05) is 36.9 Å². The Morgan fingerprint density at radius 1 is 1.30 bits per heavy atom. The van der Waals surface area contributed by atoms with Crippen LogP contribution in [0.15, 0.2) is 58.6 Å². The fraction of sp³-hybridized carbons (Fsp3) is 0.375. The van der Waals surface area contributed by atoms with E-state index < -0.39 is 0 Å². The summed E-state index contributed by atoms with van der Waals surface area (Å²) in [4.78, 5) is 0. The Hall–Kier alpha value is -1.61. The smallest absolute Gasteiger partial charge is 0.113 e. The molecule has 1 heterocycles. The first-order chi connectivity index (χ1) is 9.41. The summed E-state index contributed by atoms with van der Waals surface area (Å²) in [5.74, 6) is 0.856. The molecule has 108 valence electrons. The molecule has 1 aliphatic heterocycles. The maximum atomic E-state index is 6.46. The lowest BCUT2D eigenvalue weighted by Crippen LogP contribution is -2.34. The van der Waals surface area contributed by atoms with Crippen molar-refractivity contribution in [1.29, 1.82) is 0 Å². The standard InChI is InChI=1S/C16H22ClN3/c1-10-6-7-15(16(17)11(10)2)12(3)13(4)19-20-9-8-18-14(20)5/h18-19H,3-9H2,1-2H3. The third-order valence-electron chi connectivity index (χ3n) is 3.97. The monoisotopic (exact) mass is 291 g/mol. The Bertz CT molecular complexity index is 540. The van der Waals surface area contributed by atoms with Crippen LogP contribution in [-0.4, -0.2) is 18.1 Å². The normalized spacial score (nSPS) is 19.4. The molecule has 2 rings (SSSR count). The molecule has 3 nitrogen and oxygen atoms in total. The van der Waals surface area contributed by atoms with Crippen LogP contribution in [0, 0.1) is 0 Å². The second-order valence-corrected chi connectivity index (χ2v) is 5.67. The van der Waals surface area contributed by atoms with Gasteiger partial charge in [-0.15, -0.1) is 0 Å². The zero-order valence-corrected chi connectivity index (χ0v) is 13.0. The van der Waals surface area contributed by atoms with Gasteiger partial charge in [0.2, 0.25) is 0 Å². The van der Waals surface area contributed by atoms with Crippen molar-refractivity contribution < 1.29 is 0 Å². The molecule has 1 fully saturated rings. The topological polar surface area (TPSA) is 27.3 Å². The lowest BCUT2D eigenvalue weighted by atomic mass is 9.89. The number of nitrogens with zero attached hydrogens (tertiary/aromatic N) is 1. The average molecular weight is 292 g/mol. The van der Waals surface area contributed by atoms with Crippen LogP contribution >= 0.6 is 11.6 Å². The van der Waals surface area contributed by atoms with E-state index in [4.69, 9.17) is 11.6 Å². The van der Waals surface area contributed by atoms with Gasteiger partial charge in [-0.05, 0) is 43.4 Å². The third-order valence-corrected chi connectivity index (χ3v) is 4.48. The van der Waals surface area contributed by atoms with E-state index in [1.165, 1.54) is 5.57 Å². The van der Waals surface area contributed by atoms with Gasteiger partial charge in [0.05, 0.1) is 12.2 Å². The van der Waals surface area contributed by atoms with E-state index in [9.17, 15) is 0 Å². The van der Waals surface area contributed by atoms with Crippen LogP contribution in [0.4, 0.5) is 0 Å². The van der Waals surface area contributed by atoms with Crippen LogP contribution in [0.5, 0.6) is 0 Å². The molecule has 0 bridgehead atoms. The highest BCUT2D eigenvalue weighted by Crippen LogP contribution is 2.36. The van der Waals surface area contributed by atoms with Gasteiger partial charge >= 0.3 is 0 Å². The molecule has 0 unspecified atom stereocenters. The molecule has 0 aromatic heterocycles. The van der Waals surface area contributed by atoms with Crippen LogP contribution in [0.1, 0.15) is 26.7 Å². The zero-order valence-electron chi connectivity index (χ0n) is 12.3. The molecule has 0 aromatic carbocycles. The van der Waals surface area contributed by atoms with Crippen molar-refractivity contribution in [3.8, 4) is 0 Å². The molecule has 2 N–H and O–H groups in total. The van der Waals surface area contributed by atoms with E-state index in [0.717, 1.165) is 59.2 Å². The molecule has 1 saturated heterocycles. The first kappa shape index (κ1) is 14.8. The Balaban J connectivity index is 2.11. The van der Waals surface area contributed by atoms with Gasteiger partial charge in [0, 0.05) is 11.6 Å².